The zero-order valence-electron chi connectivity index (χ0n) is 12.4. The number of benzene rings is 1. The molecular weight excluding hydrogens is 264 g/mol. The van der Waals surface area contributed by atoms with E-state index in [1.807, 2.05) is 18.2 Å². The van der Waals surface area contributed by atoms with Crippen LogP contribution in [0.1, 0.15) is 19.2 Å². The molecule has 5 heteroatoms. The van der Waals surface area contributed by atoms with E-state index in [1.54, 1.807) is 0 Å². The molecule has 1 aromatic heterocycles. The molecule has 112 valence electrons. The standard InChI is InChI=1S/C16H22N4O/c1-2-20-14-6-4-3-5-13(14)19-15(20)8-10-18-16(21)12-7-9-17-11-12/h3-6,12,17H,2,7-11H2,1H3,(H,18,21). The molecule has 2 N–H and O–H groups in total. The maximum absolute atomic E-state index is 12.0. The second-order valence-electron chi connectivity index (χ2n) is 5.49. The van der Waals surface area contributed by atoms with Crippen LogP contribution in [0.3, 0.4) is 0 Å². The second kappa shape index (κ2) is 6.26. The third-order valence-electron chi connectivity index (χ3n) is 4.13. The van der Waals surface area contributed by atoms with Gasteiger partial charge in [-0.3, -0.25) is 4.79 Å². The molecule has 1 amide bonds. The molecule has 2 heterocycles. The average Bonchev–Trinajstić information content (AvgIpc) is 3.14. The second-order valence-corrected chi connectivity index (χ2v) is 5.49. The minimum atomic E-state index is 0.134. The van der Waals surface area contributed by atoms with Gasteiger partial charge in [0.2, 0.25) is 5.91 Å². The molecule has 5 nitrogen and oxygen atoms in total. The lowest BCUT2D eigenvalue weighted by Gasteiger charge is -2.10. The van der Waals surface area contributed by atoms with Crippen molar-refractivity contribution >= 4 is 16.9 Å². The zero-order chi connectivity index (χ0) is 14.7. The van der Waals surface area contributed by atoms with Crippen LogP contribution < -0.4 is 10.6 Å². The molecule has 2 aromatic rings. The number of aromatic nitrogens is 2. The van der Waals surface area contributed by atoms with Crippen LogP contribution in [0.2, 0.25) is 0 Å². The van der Waals surface area contributed by atoms with Crippen LogP contribution in [0.5, 0.6) is 0 Å². The van der Waals surface area contributed by atoms with Gasteiger partial charge in [0.1, 0.15) is 5.82 Å². The monoisotopic (exact) mass is 286 g/mol. The van der Waals surface area contributed by atoms with Crippen LogP contribution >= 0.6 is 0 Å². The summed E-state index contributed by atoms with van der Waals surface area (Å²) in [6.45, 7) is 5.43. The molecule has 1 aliphatic rings. The fraction of sp³-hybridized carbons (Fsp3) is 0.500. The summed E-state index contributed by atoms with van der Waals surface area (Å²) in [7, 11) is 0. The number of fused-ring (bicyclic) bond motifs is 1. The van der Waals surface area contributed by atoms with Crippen molar-refractivity contribution in [2.45, 2.75) is 26.3 Å². The topological polar surface area (TPSA) is 59.0 Å². The Hall–Kier alpha value is -1.88. The molecule has 0 spiro atoms. The number of hydrogen-bond acceptors (Lipinski definition) is 3. The summed E-state index contributed by atoms with van der Waals surface area (Å²) in [6.07, 6.45) is 1.72. The Labute approximate surface area is 124 Å². The minimum Gasteiger partial charge on any atom is -0.355 e. The lowest BCUT2D eigenvalue weighted by molar-refractivity contribution is -0.124. The van der Waals surface area contributed by atoms with Crippen molar-refractivity contribution in [2.75, 3.05) is 19.6 Å². The van der Waals surface area contributed by atoms with Crippen molar-refractivity contribution in [2.24, 2.45) is 5.92 Å². The van der Waals surface area contributed by atoms with Gasteiger partial charge in [-0.15, -0.1) is 0 Å². The Morgan fingerprint density at radius 1 is 1.48 bits per heavy atom. The Morgan fingerprint density at radius 2 is 2.33 bits per heavy atom. The lowest BCUT2D eigenvalue weighted by Crippen LogP contribution is -2.33. The van der Waals surface area contributed by atoms with Gasteiger partial charge in [-0.05, 0) is 32.0 Å². The Bertz CT molecular complexity index is 628. The number of para-hydroxylation sites is 2. The van der Waals surface area contributed by atoms with Gasteiger partial charge in [-0.2, -0.15) is 0 Å². The number of rotatable bonds is 5. The van der Waals surface area contributed by atoms with Crippen LogP contribution in [-0.4, -0.2) is 35.1 Å². The van der Waals surface area contributed by atoms with E-state index in [0.717, 1.165) is 43.8 Å². The number of imidazole rings is 1. The quantitative estimate of drug-likeness (QED) is 0.871. The van der Waals surface area contributed by atoms with Gasteiger partial charge in [-0.1, -0.05) is 12.1 Å². The van der Waals surface area contributed by atoms with E-state index >= 15 is 0 Å². The number of nitrogens with one attached hydrogen (secondary N) is 2. The highest BCUT2D eigenvalue weighted by Gasteiger charge is 2.21. The normalized spacial score (nSPS) is 18.2. The van der Waals surface area contributed by atoms with E-state index in [-0.39, 0.29) is 11.8 Å². The number of amides is 1. The molecule has 1 saturated heterocycles. The predicted octanol–water partition coefficient (Wildman–Crippen LogP) is 1.32. The molecule has 1 fully saturated rings. The molecule has 1 aromatic carbocycles. The number of carbonyl (C=O) groups excluding carboxylic acids is 1. The van der Waals surface area contributed by atoms with E-state index in [4.69, 9.17) is 0 Å². The van der Waals surface area contributed by atoms with Crippen molar-refractivity contribution in [3.05, 3.63) is 30.1 Å². The molecule has 3 rings (SSSR count). The Morgan fingerprint density at radius 3 is 3.10 bits per heavy atom. The molecule has 1 aliphatic heterocycles. The van der Waals surface area contributed by atoms with Gasteiger partial charge in [0, 0.05) is 26.1 Å². The van der Waals surface area contributed by atoms with Crippen molar-refractivity contribution in [3.63, 3.8) is 0 Å². The highest BCUT2D eigenvalue weighted by atomic mass is 16.1. The number of nitrogens with zero attached hydrogens (tertiary/aromatic N) is 2. The highest BCUT2D eigenvalue weighted by Crippen LogP contribution is 2.16. The van der Waals surface area contributed by atoms with Crippen molar-refractivity contribution in [1.29, 1.82) is 0 Å². The molecule has 21 heavy (non-hydrogen) atoms. The first-order chi connectivity index (χ1) is 10.3. The summed E-state index contributed by atoms with van der Waals surface area (Å²) in [5.41, 5.74) is 2.20. The van der Waals surface area contributed by atoms with E-state index in [9.17, 15) is 4.79 Å². The third kappa shape index (κ3) is 2.93. The van der Waals surface area contributed by atoms with Crippen LogP contribution in [0.15, 0.2) is 24.3 Å². The fourth-order valence-corrected chi connectivity index (χ4v) is 2.99. The van der Waals surface area contributed by atoms with Gasteiger partial charge in [0.05, 0.1) is 17.0 Å². The molecule has 0 bridgehead atoms. The van der Waals surface area contributed by atoms with Gasteiger partial charge in [0.15, 0.2) is 0 Å². The summed E-state index contributed by atoms with van der Waals surface area (Å²) in [4.78, 5) is 16.7. The largest absolute Gasteiger partial charge is 0.355 e. The fourth-order valence-electron chi connectivity index (χ4n) is 2.99. The molecule has 1 unspecified atom stereocenters. The zero-order valence-corrected chi connectivity index (χ0v) is 12.4. The predicted molar refractivity (Wildman–Crippen MR) is 83.1 cm³/mol. The summed E-state index contributed by atoms with van der Waals surface area (Å²) in [6, 6.07) is 8.18. The maximum Gasteiger partial charge on any atom is 0.224 e. The molecule has 0 saturated carbocycles. The Balaban J connectivity index is 1.63. The van der Waals surface area contributed by atoms with E-state index in [0.29, 0.717) is 6.54 Å². The third-order valence-corrected chi connectivity index (χ3v) is 4.13. The van der Waals surface area contributed by atoms with E-state index in [2.05, 4.69) is 33.2 Å². The van der Waals surface area contributed by atoms with Gasteiger partial charge in [0.25, 0.3) is 0 Å². The summed E-state index contributed by atoms with van der Waals surface area (Å²) in [5, 5.41) is 6.26. The molecule has 0 radical (unpaired) electrons. The summed E-state index contributed by atoms with van der Waals surface area (Å²) in [5.74, 6) is 1.35. The first-order valence-electron chi connectivity index (χ1n) is 7.72. The molecule has 0 aliphatic carbocycles. The SMILES string of the molecule is CCn1c(CCNC(=O)C2CCNC2)nc2ccccc21. The van der Waals surface area contributed by atoms with Crippen LogP contribution in [0, 0.1) is 5.92 Å². The van der Waals surface area contributed by atoms with Crippen LogP contribution in [0.4, 0.5) is 0 Å². The molecular formula is C16H22N4O. The number of carbonyl (C=O) groups is 1. The average molecular weight is 286 g/mol. The maximum atomic E-state index is 12.0. The van der Waals surface area contributed by atoms with Crippen molar-refractivity contribution < 1.29 is 4.79 Å². The van der Waals surface area contributed by atoms with Gasteiger partial charge < -0.3 is 15.2 Å². The summed E-state index contributed by atoms with van der Waals surface area (Å²) < 4.78 is 2.22. The van der Waals surface area contributed by atoms with E-state index in [1.165, 1.54) is 5.52 Å². The minimum absolute atomic E-state index is 0.134. The first-order valence-corrected chi connectivity index (χ1v) is 7.72. The van der Waals surface area contributed by atoms with Crippen molar-refractivity contribution in [1.82, 2.24) is 20.2 Å². The van der Waals surface area contributed by atoms with Crippen molar-refractivity contribution in [3.8, 4) is 0 Å². The van der Waals surface area contributed by atoms with Crippen LogP contribution in [0.25, 0.3) is 11.0 Å². The summed E-state index contributed by atoms with van der Waals surface area (Å²) >= 11 is 0. The highest BCUT2D eigenvalue weighted by molar-refractivity contribution is 5.79. The first kappa shape index (κ1) is 14.1. The van der Waals surface area contributed by atoms with E-state index < -0.39 is 0 Å². The lowest BCUT2D eigenvalue weighted by atomic mass is 10.1. The molecule has 1 atom stereocenters. The number of aryl methyl sites for hydroxylation is 1. The van der Waals surface area contributed by atoms with Crippen LogP contribution in [-0.2, 0) is 17.8 Å². The smallest absolute Gasteiger partial charge is 0.224 e. The van der Waals surface area contributed by atoms with Gasteiger partial charge in [-0.25, -0.2) is 4.98 Å². The Kier molecular flexibility index (Phi) is 4.20. The van der Waals surface area contributed by atoms with Gasteiger partial charge >= 0.3 is 0 Å². The number of hydrogen-bond donors (Lipinski definition) is 2.